The number of hydrogen-bond acceptors (Lipinski definition) is 6. The highest BCUT2D eigenvalue weighted by molar-refractivity contribution is 7.89. The highest BCUT2D eigenvalue weighted by Crippen LogP contribution is 2.11. The number of aromatic nitrogens is 2. The van der Waals surface area contributed by atoms with Crippen molar-refractivity contribution < 1.29 is 8.42 Å². The molecular weight excluding hydrogens is 298 g/mol. The predicted molar refractivity (Wildman–Crippen MR) is 81.7 cm³/mol. The van der Waals surface area contributed by atoms with Crippen LogP contribution < -0.4 is 27.4 Å². The Kier molecular flexibility index (Phi) is 5.55. The third kappa shape index (κ3) is 4.33. The van der Waals surface area contributed by atoms with Gasteiger partial charge in [0, 0.05) is 20.1 Å². The van der Waals surface area contributed by atoms with E-state index in [2.05, 4.69) is 5.32 Å². The van der Waals surface area contributed by atoms with E-state index in [4.69, 9.17) is 10.9 Å². The molecule has 120 valence electrons. The van der Waals surface area contributed by atoms with Gasteiger partial charge in [0.25, 0.3) is 5.56 Å². The number of sulfonamides is 1. The quantitative estimate of drug-likeness (QED) is 0.529. The summed E-state index contributed by atoms with van der Waals surface area (Å²) in [6.45, 7) is 2.49. The molecule has 0 saturated heterocycles. The lowest BCUT2D eigenvalue weighted by Crippen LogP contribution is -2.41. The number of nitrogens with one attached hydrogen (secondary N) is 1. The molecule has 0 saturated carbocycles. The smallest absolute Gasteiger partial charge is 0.332 e. The Labute approximate surface area is 122 Å². The third-order valence-electron chi connectivity index (χ3n) is 2.94. The van der Waals surface area contributed by atoms with Gasteiger partial charge in [-0.15, -0.1) is 0 Å². The van der Waals surface area contributed by atoms with Crippen LogP contribution in [-0.4, -0.2) is 29.8 Å². The minimum Gasteiger partial charge on any atom is -0.383 e. The van der Waals surface area contributed by atoms with Crippen molar-refractivity contribution in [3.8, 4) is 0 Å². The van der Waals surface area contributed by atoms with Crippen LogP contribution in [0.25, 0.3) is 0 Å². The summed E-state index contributed by atoms with van der Waals surface area (Å²) in [6.07, 6.45) is 0.918. The third-order valence-corrected chi connectivity index (χ3v) is 3.80. The second kappa shape index (κ2) is 6.76. The van der Waals surface area contributed by atoms with Crippen molar-refractivity contribution in [1.29, 1.82) is 0 Å². The Balaban J connectivity index is 3.02. The fourth-order valence-electron chi connectivity index (χ4n) is 1.88. The van der Waals surface area contributed by atoms with Crippen LogP contribution in [0.15, 0.2) is 9.59 Å². The standard InChI is InChI=1S/C11H21N5O4S/c1-3-6-16-9(12)8(10(17)15(2)11(16)18)14-5-4-7-21(13,19)20/h14H,3-7,12H2,1-2H3,(H2,13,19,20). The second-order valence-electron chi connectivity index (χ2n) is 4.71. The molecule has 0 unspecified atom stereocenters. The number of anilines is 2. The summed E-state index contributed by atoms with van der Waals surface area (Å²) in [4.78, 5) is 24.0. The van der Waals surface area contributed by atoms with Gasteiger partial charge in [-0.3, -0.25) is 13.9 Å². The molecule has 0 spiro atoms. The first-order chi connectivity index (χ1) is 9.69. The number of nitrogen functional groups attached to an aromatic ring is 1. The van der Waals surface area contributed by atoms with Crippen molar-refractivity contribution in [2.75, 3.05) is 23.3 Å². The molecule has 0 fully saturated rings. The van der Waals surface area contributed by atoms with Crippen LogP contribution in [0.1, 0.15) is 19.8 Å². The maximum Gasteiger partial charge on any atom is 0.332 e. The molecule has 1 heterocycles. The van der Waals surface area contributed by atoms with Crippen molar-refractivity contribution in [3.63, 3.8) is 0 Å². The summed E-state index contributed by atoms with van der Waals surface area (Å²) in [5, 5.41) is 7.67. The average molecular weight is 319 g/mol. The number of hydrogen-bond donors (Lipinski definition) is 3. The van der Waals surface area contributed by atoms with Gasteiger partial charge >= 0.3 is 5.69 Å². The fraction of sp³-hybridized carbons (Fsp3) is 0.636. The van der Waals surface area contributed by atoms with Gasteiger partial charge in [0.1, 0.15) is 11.5 Å². The number of rotatable bonds is 7. The molecule has 0 atom stereocenters. The Morgan fingerprint density at radius 3 is 2.43 bits per heavy atom. The van der Waals surface area contributed by atoms with E-state index in [0.29, 0.717) is 13.0 Å². The molecule has 1 aromatic rings. The van der Waals surface area contributed by atoms with Crippen LogP contribution in [0.2, 0.25) is 0 Å². The van der Waals surface area contributed by atoms with Crippen molar-refractivity contribution in [2.24, 2.45) is 12.2 Å². The summed E-state index contributed by atoms with van der Waals surface area (Å²) in [7, 11) is -2.17. The maximum atomic E-state index is 12.0. The number of primary sulfonamides is 1. The molecule has 0 radical (unpaired) electrons. The molecule has 10 heteroatoms. The van der Waals surface area contributed by atoms with Crippen LogP contribution in [0.5, 0.6) is 0 Å². The molecule has 0 amide bonds. The molecule has 1 rings (SSSR count). The summed E-state index contributed by atoms with van der Waals surface area (Å²) >= 11 is 0. The van der Waals surface area contributed by atoms with E-state index in [9.17, 15) is 18.0 Å². The fourth-order valence-corrected chi connectivity index (χ4v) is 2.42. The molecule has 21 heavy (non-hydrogen) atoms. The van der Waals surface area contributed by atoms with Gasteiger partial charge in [0.05, 0.1) is 5.75 Å². The molecule has 0 aliphatic rings. The van der Waals surface area contributed by atoms with Crippen LogP contribution in [-0.2, 0) is 23.6 Å². The first kappa shape index (κ1) is 17.2. The Bertz CT molecular complexity index is 719. The topological polar surface area (TPSA) is 142 Å². The van der Waals surface area contributed by atoms with Gasteiger partial charge in [0.15, 0.2) is 0 Å². The lowest BCUT2D eigenvalue weighted by molar-refractivity contribution is 0.595. The Hall–Kier alpha value is -1.81. The zero-order chi connectivity index (χ0) is 16.2. The molecule has 0 aliphatic heterocycles. The largest absolute Gasteiger partial charge is 0.383 e. The molecule has 0 aliphatic carbocycles. The SMILES string of the molecule is CCCn1c(N)c(NCCCS(N)(=O)=O)c(=O)n(C)c1=O. The zero-order valence-electron chi connectivity index (χ0n) is 12.1. The van der Waals surface area contributed by atoms with Gasteiger partial charge in [-0.1, -0.05) is 6.92 Å². The van der Waals surface area contributed by atoms with E-state index in [0.717, 1.165) is 4.57 Å². The van der Waals surface area contributed by atoms with Crippen LogP contribution >= 0.6 is 0 Å². The summed E-state index contributed by atoms with van der Waals surface area (Å²) in [6, 6.07) is 0. The Morgan fingerprint density at radius 1 is 1.29 bits per heavy atom. The number of nitrogens with zero attached hydrogens (tertiary/aromatic N) is 2. The normalized spacial score (nSPS) is 11.6. The van der Waals surface area contributed by atoms with E-state index in [1.165, 1.54) is 11.6 Å². The van der Waals surface area contributed by atoms with Gasteiger partial charge in [-0.2, -0.15) is 0 Å². The van der Waals surface area contributed by atoms with Gasteiger partial charge in [0.2, 0.25) is 10.0 Å². The summed E-state index contributed by atoms with van der Waals surface area (Å²) < 4.78 is 23.9. The minimum atomic E-state index is -3.54. The molecule has 5 N–H and O–H groups in total. The highest BCUT2D eigenvalue weighted by atomic mass is 32.2. The van der Waals surface area contributed by atoms with Gasteiger partial charge in [-0.05, 0) is 12.8 Å². The molecule has 9 nitrogen and oxygen atoms in total. The van der Waals surface area contributed by atoms with E-state index in [1.54, 1.807) is 0 Å². The number of nitrogens with two attached hydrogens (primary N) is 2. The second-order valence-corrected chi connectivity index (χ2v) is 6.44. The first-order valence-electron chi connectivity index (χ1n) is 6.52. The van der Waals surface area contributed by atoms with E-state index in [-0.39, 0.29) is 30.2 Å². The first-order valence-corrected chi connectivity index (χ1v) is 8.24. The van der Waals surface area contributed by atoms with Crippen LogP contribution in [0.3, 0.4) is 0 Å². The van der Waals surface area contributed by atoms with Crippen molar-refractivity contribution in [2.45, 2.75) is 26.3 Å². The molecule has 0 aromatic carbocycles. The summed E-state index contributed by atoms with van der Waals surface area (Å²) in [5.41, 5.74) is 4.93. The van der Waals surface area contributed by atoms with Crippen molar-refractivity contribution in [3.05, 3.63) is 20.8 Å². The van der Waals surface area contributed by atoms with Gasteiger partial charge < -0.3 is 11.1 Å². The predicted octanol–water partition coefficient (Wildman–Crippen LogP) is -1.37. The van der Waals surface area contributed by atoms with E-state index in [1.807, 2.05) is 6.92 Å². The van der Waals surface area contributed by atoms with Crippen molar-refractivity contribution >= 4 is 21.5 Å². The Morgan fingerprint density at radius 2 is 1.90 bits per heavy atom. The van der Waals surface area contributed by atoms with Gasteiger partial charge in [-0.25, -0.2) is 18.4 Å². The average Bonchev–Trinajstić information content (AvgIpc) is 2.39. The highest BCUT2D eigenvalue weighted by Gasteiger charge is 2.14. The molecule has 0 bridgehead atoms. The van der Waals surface area contributed by atoms with E-state index < -0.39 is 21.3 Å². The van der Waals surface area contributed by atoms with Crippen LogP contribution in [0, 0.1) is 0 Å². The van der Waals surface area contributed by atoms with Crippen LogP contribution in [0.4, 0.5) is 11.5 Å². The minimum absolute atomic E-state index is 0.0561. The monoisotopic (exact) mass is 319 g/mol. The molecular formula is C11H21N5O4S. The lowest BCUT2D eigenvalue weighted by atomic mass is 10.3. The molecule has 1 aromatic heterocycles. The van der Waals surface area contributed by atoms with Crippen molar-refractivity contribution in [1.82, 2.24) is 9.13 Å². The lowest BCUT2D eigenvalue weighted by Gasteiger charge is -2.15. The zero-order valence-corrected chi connectivity index (χ0v) is 12.9. The maximum absolute atomic E-state index is 12.0. The summed E-state index contributed by atoms with van der Waals surface area (Å²) in [5.74, 6) is -0.144. The van der Waals surface area contributed by atoms with E-state index >= 15 is 0 Å².